The maximum atomic E-state index is 13.2. The molecule has 0 saturated carbocycles. The molecule has 1 saturated heterocycles. The lowest BCUT2D eigenvalue weighted by Crippen LogP contribution is -2.40. The summed E-state index contributed by atoms with van der Waals surface area (Å²) >= 11 is 0. The maximum Gasteiger partial charge on any atom is 0.254 e. The van der Waals surface area contributed by atoms with Crippen LogP contribution in [0.5, 0.6) is 0 Å². The molecule has 0 N–H and O–H groups in total. The number of carbonyl (C=O) groups excluding carboxylic acids is 1. The fraction of sp³-hybridized carbons (Fsp3) is 0.350. The number of fused-ring (bicyclic) bond motifs is 1. The molecule has 0 radical (unpaired) electrons. The van der Waals surface area contributed by atoms with Gasteiger partial charge in [0.15, 0.2) is 5.65 Å². The molecule has 6 nitrogen and oxygen atoms in total. The highest BCUT2D eigenvalue weighted by molar-refractivity contribution is 6.06. The number of ether oxygens (including phenoxy) is 1. The van der Waals surface area contributed by atoms with Gasteiger partial charge in [-0.25, -0.2) is 4.98 Å². The monoisotopic (exact) mass is 350 g/mol. The van der Waals surface area contributed by atoms with Crippen molar-refractivity contribution in [1.82, 2.24) is 19.7 Å². The van der Waals surface area contributed by atoms with Crippen LogP contribution < -0.4 is 0 Å². The number of benzene rings is 1. The maximum absolute atomic E-state index is 13.2. The lowest BCUT2D eigenvalue weighted by Gasteiger charge is -2.27. The quantitative estimate of drug-likeness (QED) is 0.713. The van der Waals surface area contributed by atoms with Gasteiger partial charge in [0.2, 0.25) is 0 Å². The first-order chi connectivity index (χ1) is 12.5. The average molecular weight is 350 g/mol. The molecular formula is C20H22N4O2. The number of morpholine rings is 1. The van der Waals surface area contributed by atoms with Crippen molar-refractivity contribution in [3.05, 3.63) is 47.2 Å². The van der Waals surface area contributed by atoms with E-state index in [2.05, 4.69) is 37.1 Å². The molecule has 3 heterocycles. The number of amides is 1. The topological polar surface area (TPSA) is 60.3 Å². The lowest BCUT2D eigenvalue weighted by atomic mass is 10.0. The van der Waals surface area contributed by atoms with Crippen molar-refractivity contribution >= 4 is 16.9 Å². The summed E-state index contributed by atoms with van der Waals surface area (Å²) in [6.07, 6.45) is 1.72. The highest BCUT2D eigenvalue weighted by Gasteiger charge is 2.23. The molecule has 4 rings (SSSR count). The number of carbonyl (C=O) groups is 1. The molecular weight excluding hydrogens is 328 g/mol. The number of rotatable bonds is 2. The Kier molecular flexibility index (Phi) is 4.20. The van der Waals surface area contributed by atoms with Gasteiger partial charge in [-0.2, -0.15) is 5.10 Å². The molecule has 0 spiro atoms. The molecule has 0 unspecified atom stereocenters. The van der Waals surface area contributed by atoms with E-state index in [0.717, 1.165) is 27.9 Å². The largest absolute Gasteiger partial charge is 0.378 e. The Bertz CT molecular complexity index is 987. The summed E-state index contributed by atoms with van der Waals surface area (Å²) in [5.41, 5.74) is 5.56. The van der Waals surface area contributed by atoms with E-state index in [4.69, 9.17) is 9.72 Å². The van der Waals surface area contributed by atoms with Crippen molar-refractivity contribution in [1.29, 1.82) is 0 Å². The molecule has 3 aromatic rings. The molecule has 1 fully saturated rings. The highest BCUT2D eigenvalue weighted by Crippen LogP contribution is 2.28. The Hall–Kier alpha value is -2.73. The second kappa shape index (κ2) is 6.53. The minimum atomic E-state index is 0.0136. The molecule has 1 aliphatic rings. The molecule has 134 valence electrons. The fourth-order valence-corrected chi connectivity index (χ4v) is 3.47. The van der Waals surface area contributed by atoms with Crippen molar-refractivity contribution < 1.29 is 9.53 Å². The van der Waals surface area contributed by atoms with E-state index in [-0.39, 0.29) is 5.91 Å². The third-order valence-corrected chi connectivity index (χ3v) is 4.89. The first-order valence-electron chi connectivity index (χ1n) is 8.82. The zero-order valence-electron chi connectivity index (χ0n) is 15.3. The van der Waals surface area contributed by atoms with Crippen LogP contribution in [0.15, 0.2) is 30.5 Å². The van der Waals surface area contributed by atoms with E-state index in [1.165, 1.54) is 5.56 Å². The molecule has 26 heavy (non-hydrogen) atoms. The molecule has 0 atom stereocenters. The summed E-state index contributed by atoms with van der Waals surface area (Å²) in [6, 6.07) is 8.17. The predicted octanol–water partition coefficient (Wildman–Crippen LogP) is 2.72. The van der Waals surface area contributed by atoms with Gasteiger partial charge >= 0.3 is 0 Å². The van der Waals surface area contributed by atoms with Gasteiger partial charge in [-0.05, 0) is 25.5 Å². The molecule has 0 bridgehead atoms. The third-order valence-electron chi connectivity index (χ3n) is 4.89. The second-order valence-electron chi connectivity index (χ2n) is 6.78. The van der Waals surface area contributed by atoms with Crippen LogP contribution in [0.2, 0.25) is 0 Å². The van der Waals surface area contributed by atoms with Crippen LogP contribution in [0.4, 0.5) is 0 Å². The number of pyridine rings is 1. The van der Waals surface area contributed by atoms with Crippen LogP contribution in [-0.2, 0) is 11.8 Å². The van der Waals surface area contributed by atoms with Crippen LogP contribution in [0.25, 0.3) is 22.3 Å². The van der Waals surface area contributed by atoms with Crippen molar-refractivity contribution in [2.75, 3.05) is 26.3 Å². The minimum absolute atomic E-state index is 0.0136. The van der Waals surface area contributed by atoms with Gasteiger partial charge in [-0.1, -0.05) is 23.8 Å². The normalized spacial score (nSPS) is 14.8. The van der Waals surface area contributed by atoms with Crippen molar-refractivity contribution in [2.24, 2.45) is 7.05 Å². The van der Waals surface area contributed by atoms with Crippen LogP contribution in [0, 0.1) is 13.8 Å². The minimum Gasteiger partial charge on any atom is -0.378 e. The number of aryl methyl sites for hydroxylation is 3. The zero-order chi connectivity index (χ0) is 18.3. The molecule has 1 aliphatic heterocycles. The Morgan fingerprint density at radius 3 is 2.65 bits per heavy atom. The summed E-state index contributed by atoms with van der Waals surface area (Å²) in [6.45, 7) is 6.53. The molecule has 0 aliphatic carbocycles. The van der Waals surface area contributed by atoms with Gasteiger partial charge < -0.3 is 9.64 Å². The molecule has 1 amide bonds. The number of nitrogens with zero attached hydrogens (tertiary/aromatic N) is 4. The number of hydrogen-bond acceptors (Lipinski definition) is 4. The Balaban J connectivity index is 1.87. The molecule has 6 heteroatoms. The predicted molar refractivity (Wildman–Crippen MR) is 100 cm³/mol. The van der Waals surface area contributed by atoms with Gasteiger partial charge in [-0.15, -0.1) is 0 Å². The van der Waals surface area contributed by atoms with Gasteiger partial charge in [0.1, 0.15) is 0 Å². The van der Waals surface area contributed by atoms with Gasteiger partial charge in [0.05, 0.1) is 36.1 Å². The summed E-state index contributed by atoms with van der Waals surface area (Å²) in [7, 11) is 1.85. The van der Waals surface area contributed by atoms with Crippen molar-refractivity contribution in [3.63, 3.8) is 0 Å². The van der Waals surface area contributed by atoms with E-state index in [1.54, 1.807) is 10.9 Å². The summed E-state index contributed by atoms with van der Waals surface area (Å²) in [5, 5.41) is 5.10. The fourth-order valence-electron chi connectivity index (χ4n) is 3.47. The Morgan fingerprint density at radius 2 is 1.92 bits per heavy atom. The lowest BCUT2D eigenvalue weighted by molar-refractivity contribution is 0.0304. The number of hydrogen-bond donors (Lipinski definition) is 0. The Labute approximate surface area is 152 Å². The highest BCUT2D eigenvalue weighted by atomic mass is 16.5. The van der Waals surface area contributed by atoms with Crippen LogP contribution in [-0.4, -0.2) is 51.9 Å². The van der Waals surface area contributed by atoms with E-state index in [1.807, 2.05) is 18.0 Å². The first kappa shape index (κ1) is 16.7. The third kappa shape index (κ3) is 2.86. The zero-order valence-corrected chi connectivity index (χ0v) is 15.3. The summed E-state index contributed by atoms with van der Waals surface area (Å²) in [4.78, 5) is 19.8. The van der Waals surface area contributed by atoms with Crippen LogP contribution in [0.3, 0.4) is 0 Å². The van der Waals surface area contributed by atoms with Gasteiger partial charge in [0, 0.05) is 25.7 Å². The van der Waals surface area contributed by atoms with Crippen molar-refractivity contribution in [2.45, 2.75) is 13.8 Å². The molecule has 2 aromatic heterocycles. The Morgan fingerprint density at radius 1 is 1.15 bits per heavy atom. The van der Waals surface area contributed by atoms with Gasteiger partial charge in [0.25, 0.3) is 5.91 Å². The van der Waals surface area contributed by atoms with E-state index >= 15 is 0 Å². The number of aromatic nitrogens is 3. The van der Waals surface area contributed by atoms with E-state index in [0.29, 0.717) is 31.9 Å². The van der Waals surface area contributed by atoms with Crippen molar-refractivity contribution in [3.8, 4) is 11.3 Å². The first-order valence-corrected chi connectivity index (χ1v) is 8.82. The van der Waals surface area contributed by atoms with Gasteiger partial charge in [-0.3, -0.25) is 9.48 Å². The van der Waals surface area contributed by atoms with Crippen LogP contribution >= 0.6 is 0 Å². The second-order valence-corrected chi connectivity index (χ2v) is 6.78. The summed E-state index contributed by atoms with van der Waals surface area (Å²) in [5.74, 6) is 0.0136. The smallest absolute Gasteiger partial charge is 0.254 e. The standard InChI is InChI=1S/C20H22N4O2/c1-13-4-5-15(14(2)10-13)18-11-16(17-12-21-23(3)19(17)22-18)20(25)24-6-8-26-9-7-24/h4-5,10-12H,6-9H2,1-3H3. The molecule has 1 aromatic carbocycles. The summed E-state index contributed by atoms with van der Waals surface area (Å²) < 4.78 is 7.10. The van der Waals surface area contributed by atoms with E-state index in [9.17, 15) is 4.79 Å². The van der Waals surface area contributed by atoms with E-state index < -0.39 is 0 Å². The van der Waals surface area contributed by atoms with Crippen LogP contribution in [0.1, 0.15) is 21.5 Å². The average Bonchev–Trinajstić information content (AvgIpc) is 3.02. The SMILES string of the molecule is Cc1ccc(-c2cc(C(=O)N3CCOCC3)c3cnn(C)c3n2)c(C)c1.